The topological polar surface area (TPSA) is 37.3 Å². The van der Waals surface area contributed by atoms with Crippen LogP contribution in [0.3, 0.4) is 0 Å². The number of allylic oxidation sites excluding steroid dienone is 1. The van der Waals surface area contributed by atoms with Crippen molar-refractivity contribution >= 4 is 5.78 Å². The molecule has 0 bridgehead atoms. The van der Waals surface area contributed by atoms with Crippen LogP contribution in [0.2, 0.25) is 0 Å². The van der Waals surface area contributed by atoms with E-state index in [1.807, 2.05) is 19.1 Å². The van der Waals surface area contributed by atoms with Crippen molar-refractivity contribution < 1.29 is 9.90 Å². The average Bonchev–Trinajstić information content (AvgIpc) is 1.96. The van der Waals surface area contributed by atoms with Crippen molar-refractivity contribution in [3.63, 3.8) is 0 Å². The molecule has 0 aromatic carbocycles. The molecule has 0 aliphatic heterocycles. The summed E-state index contributed by atoms with van der Waals surface area (Å²) in [4.78, 5) is 10.8. The lowest BCUT2D eigenvalue weighted by Crippen LogP contribution is -2.17. The van der Waals surface area contributed by atoms with Gasteiger partial charge in [0.25, 0.3) is 0 Å². The lowest BCUT2D eigenvalue weighted by molar-refractivity contribution is -0.120. The Bertz CT molecular complexity index is 161. The fourth-order valence-electron chi connectivity index (χ4n) is 1.04. The molecule has 1 rings (SSSR count). The minimum absolute atomic E-state index is 0.131. The van der Waals surface area contributed by atoms with E-state index in [4.69, 9.17) is 0 Å². The van der Waals surface area contributed by atoms with Gasteiger partial charge in [0.2, 0.25) is 0 Å². The molecule has 56 valence electrons. The van der Waals surface area contributed by atoms with Gasteiger partial charge < -0.3 is 5.11 Å². The SMILES string of the molecule is CC1C=CCC(=O)CC1O. The molecule has 2 atom stereocenters. The fourth-order valence-corrected chi connectivity index (χ4v) is 1.04. The molecule has 2 unspecified atom stereocenters. The van der Waals surface area contributed by atoms with Crippen LogP contribution >= 0.6 is 0 Å². The second-order valence-corrected chi connectivity index (χ2v) is 2.80. The van der Waals surface area contributed by atoms with E-state index in [-0.39, 0.29) is 11.7 Å². The summed E-state index contributed by atoms with van der Waals surface area (Å²) in [7, 11) is 0. The summed E-state index contributed by atoms with van der Waals surface area (Å²) in [5, 5.41) is 9.26. The highest BCUT2D eigenvalue weighted by atomic mass is 16.3. The zero-order valence-corrected chi connectivity index (χ0v) is 6.08. The molecule has 0 heterocycles. The number of ketones is 1. The van der Waals surface area contributed by atoms with Crippen LogP contribution in [0.4, 0.5) is 0 Å². The molecular weight excluding hydrogens is 128 g/mol. The minimum Gasteiger partial charge on any atom is -0.392 e. The number of carbonyl (C=O) groups is 1. The van der Waals surface area contributed by atoms with Crippen molar-refractivity contribution in [3.8, 4) is 0 Å². The van der Waals surface area contributed by atoms with Crippen LogP contribution < -0.4 is 0 Å². The summed E-state index contributed by atoms with van der Waals surface area (Å²) >= 11 is 0. The van der Waals surface area contributed by atoms with Crippen molar-refractivity contribution in [1.29, 1.82) is 0 Å². The van der Waals surface area contributed by atoms with Gasteiger partial charge in [-0.2, -0.15) is 0 Å². The molecule has 0 saturated heterocycles. The summed E-state index contributed by atoms with van der Waals surface area (Å²) in [6, 6.07) is 0. The summed E-state index contributed by atoms with van der Waals surface area (Å²) in [6.45, 7) is 1.92. The van der Waals surface area contributed by atoms with Crippen molar-refractivity contribution in [2.24, 2.45) is 5.92 Å². The predicted molar refractivity (Wildman–Crippen MR) is 38.6 cm³/mol. The molecule has 0 fully saturated rings. The predicted octanol–water partition coefficient (Wildman–Crippen LogP) is 0.903. The Morgan fingerprint density at radius 3 is 3.10 bits per heavy atom. The number of Topliss-reactive ketones (excluding diaryl/α,β-unsaturated/α-hetero) is 1. The summed E-state index contributed by atoms with van der Waals surface area (Å²) < 4.78 is 0. The maximum atomic E-state index is 10.8. The van der Waals surface area contributed by atoms with Crippen LogP contribution in [-0.2, 0) is 4.79 Å². The molecule has 2 nitrogen and oxygen atoms in total. The number of hydrogen-bond donors (Lipinski definition) is 1. The van der Waals surface area contributed by atoms with Crippen molar-refractivity contribution in [1.82, 2.24) is 0 Å². The Morgan fingerprint density at radius 2 is 2.40 bits per heavy atom. The van der Waals surface area contributed by atoms with Gasteiger partial charge in [0, 0.05) is 18.8 Å². The van der Waals surface area contributed by atoms with Gasteiger partial charge in [0.05, 0.1) is 6.10 Å². The van der Waals surface area contributed by atoms with Gasteiger partial charge >= 0.3 is 0 Å². The normalized spacial score (nSPS) is 34.0. The molecule has 2 heteroatoms. The van der Waals surface area contributed by atoms with Gasteiger partial charge in [-0.1, -0.05) is 19.1 Å². The lowest BCUT2D eigenvalue weighted by Gasteiger charge is -2.10. The van der Waals surface area contributed by atoms with Crippen molar-refractivity contribution in [2.45, 2.75) is 25.9 Å². The molecule has 0 aromatic rings. The molecular formula is C8H12O2. The Kier molecular flexibility index (Phi) is 2.22. The second-order valence-electron chi connectivity index (χ2n) is 2.80. The van der Waals surface area contributed by atoms with Crippen LogP contribution in [0.15, 0.2) is 12.2 Å². The zero-order chi connectivity index (χ0) is 7.56. The molecule has 0 amide bonds. The molecule has 0 saturated carbocycles. The number of hydrogen-bond acceptors (Lipinski definition) is 2. The van der Waals surface area contributed by atoms with E-state index in [1.54, 1.807) is 0 Å². The molecule has 1 aliphatic carbocycles. The molecule has 0 spiro atoms. The van der Waals surface area contributed by atoms with Gasteiger partial charge in [0.15, 0.2) is 0 Å². The summed E-state index contributed by atoms with van der Waals surface area (Å²) in [6.07, 6.45) is 4.07. The molecule has 1 aliphatic rings. The number of carbonyl (C=O) groups excluding carboxylic acids is 1. The second kappa shape index (κ2) is 2.97. The number of rotatable bonds is 0. The van der Waals surface area contributed by atoms with Crippen LogP contribution in [0.5, 0.6) is 0 Å². The third-order valence-electron chi connectivity index (χ3n) is 1.83. The van der Waals surface area contributed by atoms with Crippen LogP contribution in [-0.4, -0.2) is 17.0 Å². The van der Waals surface area contributed by atoms with Gasteiger partial charge in [-0.15, -0.1) is 0 Å². The highest BCUT2D eigenvalue weighted by molar-refractivity contribution is 5.80. The van der Waals surface area contributed by atoms with E-state index < -0.39 is 6.10 Å². The maximum absolute atomic E-state index is 10.8. The monoisotopic (exact) mass is 140 g/mol. The quantitative estimate of drug-likeness (QED) is 0.508. The van der Waals surface area contributed by atoms with Crippen LogP contribution in [0, 0.1) is 5.92 Å². The molecule has 1 N–H and O–H groups in total. The van der Waals surface area contributed by atoms with Gasteiger partial charge in [-0.25, -0.2) is 0 Å². The maximum Gasteiger partial charge on any atom is 0.139 e. The first kappa shape index (κ1) is 7.48. The van der Waals surface area contributed by atoms with E-state index in [0.717, 1.165) is 0 Å². The Hall–Kier alpha value is -0.630. The van der Waals surface area contributed by atoms with Crippen LogP contribution in [0.1, 0.15) is 19.8 Å². The van der Waals surface area contributed by atoms with E-state index in [9.17, 15) is 9.90 Å². The van der Waals surface area contributed by atoms with Crippen molar-refractivity contribution in [3.05, 3.63) is 12.2 Å². The third kappa shape index (κ3) is 1.67. The first-order chi connectivity index (χ1) is 4.70. The largest absolute Gasteiger partial charge is 0.392 e. The molecule has 0 radical (unpaired) electrons. The fraction of sp³-hybridized carbons (Fsp3) is 0.625. The van der Waals surface area contributed by atoms with Gasteiger partial charge in [-0.3, -0.25) is 4.79 Å². The van der Waals surface area contributed by atoms with E-state index in [0.29, 0.717) is 12.8 Å². The van der Waals surface area contributed by atoms with Gasteiger partial charge in [0.1, 0.15) is 5.78 Å². The summed E-state index contributed by atoms with van der Waals surface area (Å²) in [5.74, 6) is 0.263. The minimum atomic E-state index is -0.466. The van der Waals surface area contributed by atoms with Crippen LogP contribution in [0.25, 0.3) is 0 Å². The van der Waals surface area contributed by atoms with Gasteiger partial charge in [-0.05, 0) is 0 Å². The van der Waals surface area contributed by atoms with E-state index >= 15 is 0 Å². The smallest absolute Gasteiger partial charge is 0.139 e. The molecule has 0 aromatic heterocycles. The van der Waals surface area contributed by atoms with Crippen molar-refractivity contribution in [2.75, 3.05) is 0 Å². The number of aliphatic hydroxyl groups excluding tert-OH is 1. The first-order valence-electron chi connectivity index (χ1n) is 3.56. The lowest BCUT2D eigenvalue weighted by atomic mass is 10.0. The Labute approximate surface area is 60.6 Å². The first-order valence-corrected chi connectivity index (χ1v) is 3.56. The highest BCUT2D eigenvalue weighted by Crippen LogP contribution is 2.14. The zero-order valence-electron chi connectivity index (χ0n) is 6.08. The van der Waals surface area contributed by atoms with E-state index in [1.165, 1.54) is 0 Å². The Balaban J connectivity index is 2.61. The van der Waals surface area contributed by atoms with E-state index in [2.05, 4.69) is 0 Å². The third-order valence-corrected chi connectivity index (χ3v) is 1.83. The summed E-state index contributed by atoms with van der Waals surface area (Å²) in [5.41, 5.74) is 0. The Morgan fingerprint density at radius 1 is 1.70 bits per heavy atom. The highest BCUT2D eigenvalue weighted by Gasteiger charge is 2.17. The number of aliphatic hydroxyl groups is 1. The standard InChI is InChI=1S/C8H12O2/c1-6-3-2-4-7(9)5-8(6)10/h2-3,6,8,10H,4-5H2,1H3. The average molecular weight is 140 g/mol. The molecule has 10 heavy (non-hydrogen) atoms.